The number of carboxylic acid groups (broad SMARTS) is 1. The zero-order valence-corrected chi connectivity index (χ0v) is 18.9. The van der Waals surface area contributed by atoms with Crippen LogP contribution < -0.4 is 0 Å². The molecule has 32 heavy (non-hydrogen) atoms. The summed E-state index contributed by atoms with van der Waals surface area (Å²) < 4.78 is 5.90. The number of amides is 1. The molecule has 1 aromatic heterocycles. The van der Waals surface area contributed by atoms with Gasteiger partial charge in [-0.1, -0.05) is 30.3 Å². The fourth-order valence-electron chi connectivity index (χ4n) is 3.08. The third kappa shape index (κ3) is 4.98. The monoisotopic (exact) mass is 464 g/mol. The molecule has 1 aliphatic heterocycles. The Kier molecular flexibility index (Phi) is 6.82. The topological polar surface area (TPSA) is 83.1 Å². The number of rotatable bonds is 7. The second-order valence-electron chi connectivity index (χ2n) is 6.87. The Bertz CT molecular complexity index is 1180. The highest BCUT2D eigenvalue weighted by atomic mass is 32.2. The molecule has 0 bridgehead atoms. The molecule has 0 aliphatic carbocycles. The van der Waals surface area contributed by atoms with Crippen molar-refractivity contribution in [3.63, 3.8) is 0 Å². The highest BCUT2D eigenvalue weighted by Crippen LogP contribution is 2.35. The van der Waals surface area contributed by atoms with E-state index in [-0.39, 0.29) is 11.5 Å². The lowest BCUT2D eigenvalue weighted by Crippen LogP contribution is -2.31. The van der Waals surface area contributed by atoms with Gasteiger partial charge in [0, 0.05) is 23.9 Å². The fraction of sp³-hybridized carbons (Fsp3) is 0.125. The van der Waals surface area contributed by atoms with Crippen LogP contribution in [0.5, 0.6) is 0 Å². The average molecular weight is 465 g/mol. The lowest BCUT2D eigenvalue weighted by molar-refractivity contribution is -0.122. The normalized spacial score (nSPS) is 16.3. The van der Waals surface area contributed by atoms with Crippen LogP contribution in [0, 0.1) is 0 Å². The molecule has 1 saturated heterocycles. The number of carbonyl (C=O) groups is 2. The van der Waals surface area contributed by atoms with Crippen LogP contribution in [0.3, 0.4) is 0 Å². The lowest BCUT2D eigenvalue weighted by atomic mass is 10.1. The number of aromatic carboxylic acids is 1. The molecule has 0 unspecified atom stereocenters. The van der Waals surface area contributed by atoms with Crippen molar-refractivity contribution in [1.29, 1.82) is 0 Å². The number of nitrogens with zero attached hydrogens (tertiary/aromatic N) is 2. The second-order valence-corrected chi connectivity index (χ2v) is 8.87. The fourth-order valence-corrected chi connectivity index (χ4v) is 4.45. The molecule has 4 rings (SSSR count). The van der Waals surface area contributed by atoms with Gasteiger partial charge in [-0.3, -0.25) is 9.69 Å². The number of carboxylic acids is 1. The molecule has 2 heterocycles. The van der Waals surface area contributed by atoms with Gasteiger partial charge in [-0.15, -0.1) is 0 Å². The number of thioether (sulfide) groups is 2. The Labute approximate surface area is 194 Å². The summed E-state index contributed by atoms with van der Waals surface area (Å²) in [6.45, 7) is 0.579. The predicted octanol–water partition coefficient (Wildman–Crippen LogP) is 5.61. The largest absolute Gasteiger partial charge is 0.478 e. The molecule has 0 atom stereocenters. The van der Waals surface area contributed by atoms with Gasteiger partial charge in [-0.2, -0.15) is 11.8 Å². The molecule has 0 radical (unpaired) electrons. The van der Waals surface area contributed by atoms with Crippen LogP contribution in [0.25, 0.3) is 17.4 Å². The minimum absolute atomic E-state index is 0.0949. The maximum Gasteiger partial charge on any atom is 0.335 e. The number of benzene rings is 2. The summed E-state index contributed by atoms with van der Waals surface area (Å²) in [6.07, 6.45) is 3.73. The number of para-hydroxylation sites is 1. The third-order valence-corrected chi connectivity index (χ3v) is 6.30. The van der Waals surface area contributed by atoms with Gasteiger partial charge in [0.25, 0.3) is 5.91 Å². The summed E-state index contributed by atoms with van der Waals surface area (Å²) in [4.78, 5) is 31.0. The van der Waals surface area contributed by atoms with Gasteiger partial charge in [0.1, 0.15) is 11.5 Å². The Hall–Kier alpha value is -3.23. The summed E-state index contributed by atoms with van der Waals surface area (Å²) in [5.74, 6) is 0.884. The van der Waals surface area contributed by atoms with E-state index in [4.69, 9.17) is 9.52 Å². The standard InChI is InChI=1S/C24H20N2O4S2/c1-31-14-13-26-22(27)21(32-24(26)25-18-5-3-2-4-6-18)15-19-11-12-20(30-19)16-7-9-17(10-8-16)23(28)29/h2-12,15H,13-14H2,1H3,(H,28,29)/b21-15-,25-24?. The van der Waals surface area contributed by atoms with Crippen molar-refractivity contribution in [3.8, 4) is 11.3 Å². The zero-order valence-electron chi connectivity index (χ0n) is 17.2. The molecule has 1 amide bonds. The van der Waals surface area contributed by atoms with E-state index in [0.29, 0.717) is 28.1 Å². The van der Waals surface area contributed by atoms with E-state index in [9.17, 15) is 9.59 Å². The Morgan fingerprint density at radius 2 is 1.88 bits per heavy atom. The summed E-state index contributed by atoms with van der Waals surface area (Å²) in [5, 5.41) is 9.69. The van der Waals surface area contributed by atoms with Gasteiger partial charge >= 0.3 is 5.97 Å². The quantitative estimate of drug-likeness (QED) is 0.458. The van der Waals surface area contributed by atoms with Crippen molar-refractivity contribution in [1.82, 2.24) is 4.90 Å². The van der Waals surface area contributed by atoms with Gasteiger partial charge in [-0.25, -0.2) is 9.79 Å². The van der Waals surface area contributed by atoms with E-state index in [1.807, 2.05) is 36.6 Å². The van der Waals surface area contributed by atoms with Crippen molar-refractivity contribution in [2.24, 2.45) is 4.99 Å². The van der Waals surface area contributed by atoms with Crippen molar-refractivity contribution < 1.29 is 19.1 Å². The molecule has 1 N–H and O–H groups in total. The maximum absolute atomic E-state index is 13.0. The molecular formula is C24H20N2O4S2. The summed E-state index contributed by atoms with van der Waals surface area (Å²) in [7, 11) is 0. The SMILES string of the molecule is CSCCN1C(=O)/C(=C/c2ccc(-c3ccc(C(=O)O)cc3)o2)SC1=Nc1ccccc1. The molecule has 1 aliphatic rings. The van der Waals surface area contributed by atoms with Gasteiger partial charge in [-0.05, 0) is 54.4 Å². The first-order valence-corrected chi connectivity index (χ1v) is 12.0. The average Bonchev–Trinajstić information content (AvgIpc) is 3.38. The smallest absolute Gasteiger partial charge is 0.335 e. The van der Waals surface area contributed by atoms with Gasteiger partial charge in [0.15, 0.2) is 5.17 Å². The molecule has 0 saturated carbocycles. The predicted molar refractivity (Wildman–Crippen MR) is 130 cm³/mol. The number of furan rings is 1. The van der Waals surface area contributed by atoms with E-state index in [0.717, 1.165) is 17.0 Å². The van der Waals surface area contributed by atoms with Crippen LogP contribution in [0.15, 0.2) is 81.0 Å². The molecule has 6 nitrogen and oxygen atoms in total. The Balaban J connectivity index is 1.59. The Morgan fingerprint density at radius 3 is 2.56 bits per heavy atom. The first-order valence-electron chi connectivity index (χ1n) is 9.83. The van der Waals surface area contributed by atoms with Crippen LogP contribution in [-0.2, 0) is 4.79 Å². The number of hydrogen-bond acceptors (Lipinski definition) is 6. The lowest BCUT2D eigenvalue weighted by Gasteiger charge is -2.14. The highest BCUT2D eigenvalue weighted by Gasteiger charge is 2.33. The second kappa shape index (κ2) is 9.93. The van der Waals surface area contributed by atoms with Crippen LogP contribution in [-0.4, -0.2) is 45.6 Å². The summed E-state index contributed by atoms with van der Waals surface area (Å²) in [6, 6.07) is 19.6. The highest BCUT2D eigenvalue weighted by molar-refractivity contribution is 8.18. The Morgan fingerprint density at radius 1 is 1.12 bits per heavy atom. The van der Waals surface area contributed by atoms with E-state index >= 15 is 0 Å². The molecule has 1 fully saturated rings. The number of hydrogen-bond donors (Lipinski definition) is 1. The molecule has 8 heteroatoms. The zero-order chi connectivity index (χ0) is 22.5. The number of aliphatic imine (C=N–C) groups is 1. The van der Waals surface area contributed by atoms with Crippen molar-refractivity contribution in [2.75, 3.05) is 18.6 Å². The van der Waals surface area contributed by atoms with Crippen LogP contribution >= 0.6 is 23.5 Å². The minimum Gasteiger partial charge on any atom is -0.478 e. The first kappa shape index (κ1) is 22.0. The molecule has 3 aromatic rings. The summed E-state index contributed by atoms with van der Waals surface area (Å²) in [5.41, 5.74) is 1.77. The molecule has 2 aromatic carbocycles. The van der Waals surface area contributed by atoms with Crippen molar-refractivity contribution in [2.45, 2.75) is 0 Å². The van der Waals surface area contributed by atoms with E-state index < -0.39 is 5.97 Å². The van der Waals surface area contributed by atoms with Crippen molar-refractivity contribution in [3.05, 3.63) is 83.0 Å². The third-order valence-electron chi connectivity index (χ3n) is 4.70. The number of carbonyl (C=O) groups excluding carboxylic acids is 1. The van der Waals surface area contributed by atoms with Gasteiger partial charge in [0.05, 0.1) is 16.2 Å². The van der Waals surface area contributed by atoms with E-state index in [2.05, 4.69) is 4.99 Å². The van der Waals surface area contributed by atoms with Crippen molar-refractivity contribution >= 4 is 52.3 Å². The molecular weight excluding hydrogens is 444 g/mol. The molecule has 0 spiro atoms. The van der Waals surface area contributed by atoms with Gasteiger partial charge in [0.2, 0.25) is 0 Å². The van der Waals surface area contributed by atoms with Crippen LogP contribution in [0.4, 0.5) is 5.69 Å². The van der Waals surface area contributed by atoms with Crippen LogP contribution in [0.1, 0.15) is 16.1 Å². The van der Waals surface area contributed by atoms with Gasteiger partial charge < -0.3 is 9.52 Å². The van der Waals surface area contributed by atoms with Crippen LogP contribution in [0.2, 0.25) is 0 Å². The van der Waals surface area contributed by atoms with E-state index in [1.165, 1.54) is 23.9 Å². The maximum atomic E-state index is 13.0. The van der Waals surface area contributed by atoms with E-state index in [1.54, 1.807) is 47.0 Å². The summed E-state index contributed by atoms with van der Waals surface area (Å²) >= 11 is 3.01. The number of amidine groups is 1. The minimum atomic E-state index is -0.975. The first-order chi connectivity index (χ1) is 15.5. The molecule has 162 valence electrons.